The molecule has 0 heterocycles. The van der Waals surface area contributed by atoms with E-state index in [-0.39, 0.29) is 28.5 Å². The number of hydrazine groups is 1. The van der Waals surface area contributed by atoms with Crippen molar-refractivity contribution < 1.29 is 23.5 Å². The first-order valence-electron chi connectivity index (χ1n) is 9.11. The highest BCUT2D eigenvalue weighted by atomic mass is 79.9. The van der Waals surface area contributed by atoms with Crippen molar-refractivity contribution in [3.8, 4) is 17.2 Å². The average molecular weight is 542 g/mol. The molecule has 0 bridgehead atoms. The third-order valence-electron chi connectivity index (χ3n) is 4.20. The quantitative estimate of drug-likeness (QED) is 0.392. The number of benzene rings is 3. The SMILES string of the molecule is COc1ccc(C(=O)NNC(=O)Cc2ccc(Cl)c(Oc3cc(Cl)cc(Br)c3)c2F)cc1. The summed E-state index contributed by atoms with van der Waals surface area (Å²) < 4.78 is 26.2. The summed E-state index contributed by atoms with van der Waals surface area (Å²) in [5, 5.41) is 0.407. The molecule has 0 aliphatic carbocycles. The number of carbonyl (C=O) groups is 2. The lowest BCUT2D eigenvalue weighted by atomic mass is 10.1. The average Bonchev–Trinajstić information content (AvgIpc) is 2.76. The second kappa shape index (κ2) is 10.7. The number of amides is 2. The molecule has 32 heavy (non-hydrogen) atoms. The molecular formula is C22H16BrCl2FN2O4. The number of methoxy groups -OCH3 is 1. The van der Waals surface area contributed by atoms with Gasteiger partial charge in [-0.15, -0.1) is 0 Å². The Hall–Kier alpha value is -2.81. The van der Waals surface area contributed by atoms with Crippen molar-refractivity contribution in [1.82, 2.24) is 10.9 Å². The predicted molar refractivity (Wildman–Crippen MR) is 123 cm³/mol. The molecule has 0 spiro atoms. The topological polar surface area (TPSA) is 76.7 Å². The number of hydrogen-bond donors (Lipinski definition) is 2. The van der Waals surface area contributed by atoms with Crippen LogP contribution in [0.4, 0.5) is 4.39 Å². The molecule has 0 fully saturated rings. The van der Waals surface area contributed by atoms with Crippen LogP contribution in [0.5, 0.6) is 17.2 Å². The minimum atomic E-state index is -0.801. The van der Waals surface area contributed by atoms with E-state index in [0.717, 1.165) is 0 Å². The molecule has 0 radical (unpaired) electrons. The van der Waals surface area contributed by atoms with Crippen LogP contribution in [0.3, 0.4) is 0 Å². The second-order valence-corrected chi connectivity index (χ2v) is 8.22. The Kier molecular flexibility index (Phi) is 7.95. The summed E-state index contributed by atoms with van der Waals surface area (Å²) in [5.74, 6) is -1.36. The summed E-state index contributed by atoms with van der Waals surface area (Å²) >= 11 is 15.3. The molecule has 6 nitrogen and oxygen atoms in total. The molecule has 0 atom stereocenters. The minimum absolute atomic E-state index is 0.0237. The van der Waals surface area contributed by atoms with Gasteiger partial charge in [0.1, 0.15) is 11.5 Å². The summed E-state index contributed by atoms with van der Waals surface area (Å²) in [6.07, 6.45) is -0.360. The fourth-order valence-corrected chi connectivity index (χ4v) is 3.68. The molecule has 0 saturated heterocycles. The van der Waals surface area contributed by atoms with Gasteiger partial charge in [-0.3, -0.25) is 20.4 Å². The van der Waals surface area contributed by atoms with Gasteiger partial charge in [0.2, 0.25) is 5.91 Å². The van der Waals surface area contributed by atoms with E-state index < -0.39 is 17.6 Å². The van der Waals surface area contributed by atoms with Crippen molar-refractivity contribution in [2.75, 3.05) is 7.11 Å². The number of hydrogen-bond acceptors (Lipinski definition) is 4. The lowest BCUT2D eigenvalue weighted by Gasteiger charge is -2.13. The van der Waals surface area contributed by atoms with Crippen molar-refractivity contribution in [3.05, 3.63) is 86.1 Å². The molecule has 10 heteroatoms. The second-order valence-electron chi connectivity index (χ2n) is 6.46. The molecule has 3 aromatic rings. The van der Waals surface area contributed by atoms with Crippen molar-refractivity contribution in [1.29, 1.82) is 0 Å². The van der Waals surface area contributed by atoms with E-state index in [2.05, 4.69) is 26.8 Å². The predicted octanol–water partition coefficient (Wildman–Crippen LogP) is 5.70. The Morgan fingerprint density at radius 2 is 1.72 bits per heavy atom. The number of halogens is 4. The first-order valence-corrected chi connectivity index (χ1v) is 10.7. The van der Waals surface area contributed by atoms with Gasteiger partial charge < -0.3 is 9.47 Å². The first-order chi connectivity index (χ1) is 15.3. The zero-order chi connectivity index (χ0) is 23.3. The lowest BCUT2D eigenvalue weighted by molar-refractivity contribution is -0.121. The minimum Gasteiger partial charge on any atom is -0.497 e. The maximum Gasteiger partial charge on any atom is 0.269 e. The van der Waals surface area contributed by atoms with Gasteiger partial charge in [0.05, 0.1) is 18.6 Å². The molecule has 0 aliphatic rings. The Morgan fingerprint density at radius 3 is 2.38 bits per heavy atom. The zero-order valence-electron chi connectivity index (χ0n) is 16.5. The highest BCUT2D eigenvalue weighted by Gasteiger charge is 2.18. The molecule has 3 aromatic carbocycles. The summed E-state index contributed by atoms with van der Waals surface area (Å²) in [6, 6.07) is 13.8. The van der Waals surface area contributed by atoms with Gasteiger partial charge in [-0.25, -0.2) is 4.39 Å². The van der Waals surface area contributed by atoms with Gasteiger partial charge in [-0.1, -0.05) is 45.2 Å². The summed E-state index contributed by atoms with van der Waals surface area (Å²) in [5.41, 5.74) is 4.87. The van der Waals surface area contributed by atoms with E-state index in [4.69, 9.17) is 32.7 Å². The monoisotopic (exact) mass is 540 g/mol. The maximum absolute atomic E-state index is 15.0. The molecular weight excluding hydrogens is 526 g/mol. The van der Waals surface area contributed by atoms with Crippen LogP contribution in [-0.2, 0) is 11.2 Å². The molecule has 0 aromatic heterocycles. The van der Waals surface area contributed by atoms with Crippen molar-refractivity contribution in [3.63, 3.8) is 0 Å². The van der Waals surface area contributed by atoms with E-state index in [0.29, 0.717) is 20.8 Å². The van der Waals surface area contributed by atoms with E-state index in [1.165, 1.54) is 37.4 Å². The van der Waals surface area contributed by atoms with Crippen LogP contribution in [0, 0.1) is 5.82 Å². The van der Waals surface area contributed by atoms with Crippen LogP contribution in [0.1, 0.15) is 15.9 Å². The van der Waals surface area contributed by atoms with Crippen molar-refractivity contribution >= 4 is 50.9 Å². The molecule has 2 N–H and O–H groups in total. The van der Waals surface area contributed by atoms with Gasteiger partial charge in [0.25, 0.3) is 5.91 Å². The Labute approximate surface area is 201 Å². The lowest BCUT2D eigenvalue weighted by Crippen LogP contribution is -2.42. The maximum atomic E-state index is 15.0. The van der Waals surface area contributed by atoms with Gasteiger partial charge in [0, 0.05) is 20.6 Å². The number of nitrogens with one attached hydrogen (secondary N) is 2. The van der Waals surface area contributed by atoms with Crippen LogP contribution in [0.15, 0.2) is 59.1 Å². The largest absolute Gasteiger partial charge is 0.497 e. The highest BCUT2D eigenvalue weighted by molar-refractivity contribution is 9.10. The van der Waals surface area contributed by atoms with Crippen LogP contribution in [-0.4, -0.2) is 18.9 Å². The van der Waals surface area contributed by atoms with Crippen molar-refractivity contribution in [2.45, 2.75) is 6.42 Å². The summed E-state index contributed by atoms with van der Waals surface area (Å²) in [6.45, 7) is 0. The Balaban J connectivity index is 1.66. The highest BCUT2D eigenvalue weighted by Crippen LogP contribution is 2.36. The van der Waals surface area contributed by atoms with Crippen LogP contribution in [0.2, 0.25) is 10.0 Å². The van der Waals surface area contributed by atoms with Crippen LogP contribution >= 0.6 is 39.1 Å². The normalized spacial score (nSPS) is 10.4. The zero-order valence-corrected chi connectivity index (χ0v) is 19.6. The fraction of sp³-hybridized carbons (Fsp3) is 0.0909. The van der Waals surface area contributed by atoms with E-state index in [1.54, 1.807) is 24.3 Å². The number of rotatable bonds is 6. The van der Waals surface area contributed by atoms with Gasteiger partial charge >= 0.3 is 0 Å². The molecule has 3 rings (SSSR count). The van der Waals surface area contributed by atoms with E-state index in [9.17, 15) is 14.0 Å². The van der Waals surface area contributed by atoms with Gasteiger partial charge in [-0.2, -0.15) is 0 Å². The summed E-state index contributed by atoms with van der Waals surface area (Å²) in [7, 11) is 1.51. The molecule has 2 amide bonds. The van der Waals surface area contributed by atoms with Crippen molar-refractivity contribution in [2.24, 2.45) is 0 Å². The third-order valence-corrected chi connectivity index (χ3v) is 5.18. The molecule has 166 valence electrons. The third kappa shape index (κ3) is 6.12. The summed E-state index contributed by atoms with van der Waals surface area (Å²) in [4.78, 5) is 24.4. The standard InChI is InChI=1S/C22H16BrCl2FN2O4/c1-31-16-5-2-12(3-6-16)22(30)28-27-19(29)8-13-4-7-18(25)21(20(13)26)32-17-10-14(23)9-15(24)11-17/h2-7,9-11H,8H2,1H3,(H,27,29)(H,28,30). The van der Waals surface area contributed by atoms with Gasteiger partial charge in [-0.05, 0) is 48.5 Å². The van der Waals surface area contributed by atoms with Gasteiger partial charge in [0.15, 0.2) is 11.6 Å². The first kappa shape index (κ1) is 23.8. The van der Waals surface area contributed by atoms with E-state index >= 15 is 0 Å². The number of carbonyl (C=O) groups excluding carboxylic acids is 2. The van der Waals surface area contributed by atoms with E-state index in [1.807, 2.05) is 0 Å². The Bertz CT molecular complexity index is 1140. The molecule has 0 saturated carbocycles. The van der Waals surface area contributed by atoms with Crippen LogP contribution in [0.25, 0.3) is 0 Å². The fourth-order valence-electron chi connectivity index (χ4n) is 2.67. The molecule has 0 unspecified atom stereocenters. The number of ether oxygens (including phenoxy) is 2. The molecule has 0 aliphatic heterocycles. The van der Waals surface area contributed by atoms with Crippen LogP contribution < -0.4 is 20.3 Å². The smallest absolute Gasteiger partial charge is 0.269 e. The Morgan fingerprint density at radius 1 is 1.00 bits per heavy atom.